The van der Waals surface area contributed by atoms with Gasteiger partial charge in [-0.25, -0.2) is 0 Å². The van der Waals surface area contributed by atoms with Crippen molar-refractivity contribution in [1.29, 1.82) is 0 Å². The Hall–Kier alpha value is -0.650. The maximum Gasteiger partial charge on any atom is 0.300 e. The predicted molar refractivity (Wildman–Crippen MR) is 59.0 cm³/mol. The van der Waals surface area contributed by atoms with Gasteiger partial charge >= 0.3 is 0 Å². The summed E-state index contributed by atoms with van der Waals surface area (Å²) >= 11 is 0. The van der Waals surface area contributed by atoms with E-state index in [1.54, 1.807) is 0 Å². The maximum absolute atomic E-state index is 9.94. The smallest absolute Gasteiger partial charge is 0.300 e. The van der Waals surface area contributed by atoms with Crippen LogP contribution in [0.1, 0.15) is 26.2 Å². The van der Waals surface area contributed by atoms with Gasteiger partial charge in [-0.05, 0) is 31.7 Å². The van der Waals surface area contributed by atoms with Crippen LogP contribution >= 0.6 is 0 Å². The molecule has 4 N–H and O–H groups in total. The molecule has 16 heavy (non-hydrogen) atoms. The number of carboxylic acids is 1. The Bertz CT molecular complexity index is 230. The summed E-state index contributed by atoms with van der Waals surface area (Å²) in [5, 5.41) is 29.7. The molecule has 94 valence electrons. The lowest BCUT2D eigenvalue weighted by Crippen LogP contribution is -2.34. The molecule has 1 saturated heterocycles. The number of rotatable bonds is 3. The van der Waals surface area contributed by atoms with Crippen molar-refractivity contribution in [2.45, 2.75) is 32.3 Å². The molecule has 0 aromatic carbocycles. The molecule has 0 radical (unpaired) electrons. The second-order valence-corrected chi connectivity index (χ2v) is 4.74. The van der Waals surface area contributed by atoms with Crippen LogP contribution in [0.5, 0.6) is 0 Å². The van der Waals surface area contributed by atoms with Crippen molar-refractivity contribution >= 4 is 5.97 Å². The third-order valence-electron chi connectivity index (χ3n) is 3.38. The second-order valence-electron chi connectivity index (χ2n) is 4.74. The van der Waals surface area contributed by atoms with Crippen LogP contribution in [-0.2, 0) is 4.79 Å². The molecule has 0 aromatic rings. The van der Waals surface area contributed by atoms with E-state index < -0.39 is 5.97 Å². The maximum atomic E-state index is 9.94. The molecule has 0 spiro atoms. The van der Waals surface area contributed by atoms with Gasteiger partial charge in [0.15, 0.2) is 0 Å². The third-order valence-corrected chi connectivity index (χ3v) is 3.38. The fourth-order valence-corrected chi connectivity index (χ4v) is 2.15. The number of hydrogen-bond acceptors (Lipinski definition) is 4. The first-order valence-corrected chi connectivity index (χ1v) is 5.71. The molecule has 1 heterocycles. The summed E-state index contributed by atoms with van der Waals surface area (Å²) < 4.78 is 0. The van der Waals surface area contributed by atoms with Crippen LogP contribution in [0.25, 0.3) is 0 Å². The normalized spacial score (nSPS) is 27.8. The molecular formula is C11H21NO4. The second kappa shape index (κ2) is 5.61. The standard InChI is InChI=1S/C9H17NO2.C2H4O2/c11-6-9(2-3-9)8(12)7-1-4-10-5-7;1-2(3)4/h7-8,10-12H,1-6H2;1H3,(H,3,4). The average Bonchev–Trinajstić information content (AvgIpc) is 2.83. The largest absolute Gasteiger partial charge is 0.481 e. The summed E-state index contributed by atoms with van der Waals surface area (Å²) in [6, 6.07) is 0. The highest BCUT2D eigenvalue weighted by molar-refractivity contribution is 5.62. The van der Waals surface area contributed by atoms with E-state index in [1.807, 2.05) is 0 Å². The Morgan fingerprint density at radius 3 is 2.44 bits per heavy atom. The van der Waals surface area contributed by atoms with Crippen molar-refractivity contribution in [2.75, 3.05) is 19.7 Å². The summed E-state index contributed by atoms with van der Waals surface area (Å²) in [4.78, 5) is 9.00. The minimum Gasteiger partial charge on any atom is -0.481 e. The van der Waals surface area contributed by atoms with Gasteiger partial charge in [-0.3, -0.25) is 4.79 Å². The number of aliphatic hydroxyl groups excluding tert-OH is 2. The fourth-order valence-electron chi connectivity index (χ4n) is 2.15. The van der Waals surface area contributed by atoms with Crippen LogP contribution in [0, 0.1) is 11.3 Å². The molecule has 5 nitrogen and oxygen atoms in total. The van der Waals surface area contributed by atoms with Crippen molar-refractivity contribution in [1.82, 2.24) is 5.32 Å². The van der Waals surface area contributed by atoms with E-state index in [9.17, 15) is 5.11 Å². The van der Waals surface area contributed by atoms with Crippen molar-refractivity contribution in [3.05, 3.63) is 0 Å². The number of hydrogen-bond donors (Lipinski definition) is 4. The van der Waals surface area contributed by atoms with Gasteiger partial charge < -0.3 is 20.6 Å². The van der Waals surface area contributed by atoms with E-state index in [0.29, 0.717) is 5.92 Å². The van der Waals surface area contributed by atoms with Gasteiger partial charge in [0.1, 0.15) is 0 Å². The van der Waals surface area contributed by atoms with Gasteiger partial charge in [0.2, 0.25) is 0 Å². The minimum atomic E-state index is -0.833. The lowest BCUT2D eigenvalue weighted by molar-refractivity contribution is -0.134. The molecule has 5 heteroatoms. The minimum absolute atomic E-state index is 0.114. The Labute approximate surface area is 95.5 Å². The average molecular weight is 231 g/mol. The lowest BCUT2D eigenvalue weighted by Gasteiger charge is -2.24. The van der Waals surface area contributed by atoms with Crippen LogP contribution in [0.3, 0.4) is 0 Å². The molecular weight excluding hydrogens is 210 g/mol. The number of aliphatic hydroxyl groups is 2. The highest BCUT2D eigenvalue weighted by Crippen LogP contribution is 2.50. The van der Waals surface area contributed by atoms with Crippen molar-refractivity contribution in [2.24, 2.45) is 11.3 Å². The van der Waals surface area contributed by atoms with Gasteiger partial charge in [0.25, 0.3) is 5.97 Å². The predicted octanol–water partition coefficient (Wildman–Crippen LogP) is -0.180. The SMILES string of the molecule is CC(=O)O.OCC1(C(O)C2CCNC2)CC1. The quantitative estimate of drug-likeness (QED) is 0.541. The van der Waals surface area contributed by atoms with Crippen LogP contribution in [0.2, 0.25) is 0 Å². The Morgan fingerprint density at radius 2 is 2.12 bits per heavy atom. The molecule has 0 bridgehead atoms. The van der Waals surface area contributed by atoms with Crippen molar-refractivity contribution < 1.29 is 20.1 Å². The van der Waals surface area contributed by atoms with Crippen molar-refractivity contribution in [3.8, 4) is 0 Å². The monoisotopic (exact) mass is 231 g/mol. The Balaban J connectivity index is 0.000000280. The topological polar surface area (TPSA) is 89.8 Å². The van der Waals surface area contributed by atoms with Crippen molar-refractivity contribution in [3.63, 3.8) is 0 Å². The summed E-state index contributed by atoms with van der Waals surface area (Å²) in [7, 11) is 0. The first-order valence-electron chi connectivity index (χ1n) is 5.71. The Morgan fingerprint density at radius 1 is 1.56 bits per heavy atom. The zero-order valence-electron chi connectivity index (χ0n) is 9.65. The number of carboxylic acid groups (broad SMARTS) is 1. The molecule has 2 aliphatic rings. The molecule has 1 aliphatic heterocycles. The van der Waals surface area contributed by atoms with Crippen LogP contribution in [-0.4, -0.2) is 47.1 Å². The van der Waals surface area contributed by atoms with Crippen LogP contribution in [0.15, 0.2) is 0 Å². The Kier molecular flexibility index (Phi) is 4.70. The van der Waals surface area contributed by atoms with E-state index in [4.69, 9.17) is 15.0 Å². The zero-order valence-corrected chi connectivity index (χ0v) is 9.65. The van der Waals surface area contributed by atoms with E-state index in [0.717, 1.165) is 39.3 Å². The highest BCUT2D eigenvalue weighted by atomic mass is 16.4. The van der Waals surface area contributed by atoms with Crippen LogP contribution in [0.4, 0.5) is 0 Å². The zero-order chi connectivity index (χ0) is 12.2. The molecule has 0 aromatic heterocycles. The number of nitrogens with one attached hydrogen (secondary N) is 1. The summed E-state index contributed by atoms with van der Waals surface area (Å²) in [5.41, 5.74) is -0.114. The van der Waals surface area contributed by atoms with Gasteiger partial charge in [-0.2, -0.15) is 0 Å². The van der Waals surface area contributed by atoms with Crippen LogP contribution < -0.4 is 5.32 Å². The van der Waals surface area contributed by atoms with E-state index >= 15 is 0 Å². The highest BCUT2D eigenvalue weighted by Gasteiger charge is 2.51. The third kappa shape index (κ3) is 3.43. The van der Waals surface area contributed by atoms with E-state index in [-0.39, 0.29) is 18.1 Å². The molecule has 2 fully saturated rings. The van der Waals surface area contributed by atoms with Gasteiger partial charge in [-0.1, -0.05) is 0 Å². The summed E-state index contributed by atoms with van der Waals surface area (Å²) in [6.45, 7) is 3.18. The fraction of sp³-hybridized carbons (Fsp3) is 0.909. The summed E-state index contributed by atoms with van der Waals surface area (Å²) in [6.07, 6.45) is 2.78. The molecule has 1 aliphatic carbocycles. The molecule has 0 amide bonds. The van der Waals surface area contributed by atoms with E-state index in [2.05, 4.69) is 5.32 Å². The number of carbonyl (C=O) groups is 1. The molecule has 2 atom stereocenters. The lowest BCUT2D eigenvalue weighted by atomic mass is 9.88. The number of aliphatic carboxylic acids is 1. The molecule has 1 saturated carbocycles. The summed E-state index contributed by atoms with van der Waals surface area (Å²) in [5.74, 6) is -0.459. The van der Waals surface area contributed by atoms with Gasteiger partial charge in [0, 0.05) is 18.9 Å². The van der Waals surface area contributed by atoms with E-state index in [1.165, 1.54) is 0 Å². The molecule has 2 rings (SSSR count). The van der Waals surface area contributed by atoms with Gasteiger partial charge in [0.05, 0.1) is 12.7 Å². The first kappa shape index (κ1) is 13.4. The molecule has 2 unspecified atom stereocenters. The van der Waals surface area contributed by atoms with Gasteiger partial charge in [-0.15, -0.1) is 0 Å². The first-order chi connectivity index (χ1) is 7.52.